The molecule has 19 heavy (non-hydrogen) atoms. The van der Waals surface area contributed by atoms with Crippen molar-refractivity contribution in [1.29, 1.82) is 0 Å². The molecule has 0 aromatic carbocycles. The van der Waals surface area contributed by atoms with Crippen LogP contribution < -0.4 is 5.32 Å². The van der Waals surface area contributed by atoms with Crippen LogP contribution in [0.1, 0.15) is 12.8 Å². The van der Waals surface area contributed by atoms with Crippen molar-refractivity contribution < 1.29 is 29.0 Å². The standard InChI is InChI=1S/C11H19NO6S/c1-17-5-6-19-7-9(13)12-8(11(15)16)3-4-10(14)18-2/h8H,3-7H2,1-2H3,(H,12,13)(H,15,16). The lowest BCUT2D eigenvalue weighted by Crippen LogP contribution is -2.42. The van der Waals surface area contributed by atoms with E-state index in [0.29, 0.717) is 12.4 Å². The Morgan fingerprint density at radius 2 is 2.00 bits per heavy atom. The van der Waals surface area contributed by atoms with Gasteiger partial charge in [0.1, 0.15) is 6.04 Å². The summed E-state index contributed by atoms with van der Waals surface area (Å²) in [5, 5.41) is 11.3. The summed E-state index contributed by atoms with van der Waals surface area (Å²) in [5.74, 6) is -1.23. The minimum Gasteiger partial charge on any atom is -0.480 e. The highest BCUT2D eigenvalue weighted by molar-refractivity contribution is 7.99. The molecular formula is C11H19NO6S. The zero-order valence-corrected chi connectivity index (χ0v) is 11.8. The molecule has 0 radical (unpaired) electrons. The first-order valence-corrected chi connectivity index (χ1v) is 6.82. The third-order valence-electron chi connectivity index (χ3n) is 2.16. The fraction of sp³-hybridized carbons (Fsp3) is 0.727. The summed E-state index contributed by atoms with van der Waals surface area (Å²) < 4.78 is 9.24. The van der Waals surface area contributed by atoms with Gasteiger partial charge in [0.05, 0.1) is 19.5 Å². The topological polar surface area (TPSA) is 102 Å². The molecule has 0 aromatic heterocycles. The average Bonchev–Trinajstić information content (AvgIpc) is 2.38. The Balaban J connectivity index is 4.01. The van der Waals surface area contributed by atoms with Crippen molar-refractivity contribution >= 4 is 29.6 Å². The third-order valence-corrected chi connectivity index (χ3v) is 3.08. The second-order valence-corrected chi connectivity index (χ2v) is 4.72. The number of carbonyl (C=O) groups is 3. The van der Waals surface area contributed by atoms with Gasteiger partial charge in [-0.15, -0.1) is 11.8 Å². The molecule has 0 aromatic rings. The van der Waals surface area contributed by atoms with Crippen LogP contribution in [0.4, 0.5) is 0 Å². The first-order chi connectivity index (χ1) is 9.01. The van der Waals surface area contributed by atoms with Crippen LogP contribution in [-0.2, 0) is 23.9 Å². The number of carboxylic acids is 1. The predicted octanol–water partition coefficient (Wildman–Crippen LogP) is -0.111. The first kappa shape index (κ1) is 17.7. The maximum atomic E-state index is 11.5. The number of carbonyl (C=O) groups excluding carboxylic acids is 2. The highest BCUT2D eigenvalue weighted by Gasteiger charge is 2.20. The molecule has 0 fully saturated rings. The average molecular weight is 293 g/mol. The van der Waals surface area contributed by atoms with Crippen LogP contribution in [0, 0.1) is 0 Å². The third kappa shape index (κ3) is 9.32. The van der Waals surface area contributed by atoms with E-state index in [2.05, 4.69) is 10.1 Å². The number of methoxy groups -OCH3 is 2. The first-order valence-electron chi connectivity index (χ1n) is 5.67. The van der Waals surface area contributed by atoms with Crippen LogP contribution in [0.3, 0.4) is 0 Å². The number of rotatable bonds is 10. The van der Waals surface area contributed by atoms with Crippen LogP contribution >= 0.6 is 11.8 Å². The molecule has 0 aliphatic rings. The van der Waals surface area contributed by atoms with E-state index in [1.807, 2.05) is 0 Å². The van der Waals surface area contributed by atoms with Gasteiger partial charge in [-0.25, -0.2) is 4.79 Å². The number of hydrogen-bond donors (Lipinski definition) is 2. The van der Waals surface area contributed by atoms with Crippen molar-refractivity contribution in [3.8, 4) is 0 Å². The second kappa shape index (κ2) is 10.6. The minimum absolute atomic E-state index is 0.0104. The van der Waals surface area contributed by atoms with Crippen molar-refractivity contribution in [3.05, 3.63) is 0 Å². The Labute approximate surface area is 116 Å². The Kier molecular flexibility index (Phi) is 9.91. The van der Waals surface area contributed by atoms with E-state index in [0.717, 1.165) is 0 Å². The molecule has 0 bridgehead atoms. The molecule has 0 aliphatic carbocycles. The number of aliphatic carboxylic acids is 1. The molecule has 1 atom stereocenters. The maximum Gasteiger partial charge on any atom is 0.326 e. The van der Waals surface area contributed by atoms with Crippen LogP contribution in [0.25, 0.3) is 0 Å². The van der Waals surface area contributed by atoms with Crippen molar-refractivity contribution in [3.63, 3.8) is 0 Å². The molecule has 0 heterocycles. The van der Waals surface area contributed by atoms with Gasteiger partial charge in [0.2, 0.25) is 5.91 Å². The largest absolute Gasteiger partial charge is 0.480 e. The molecular weight excluding hydrogens is 274 g/mol. The smallest absolute Gasteiger partial charge is 0.326 e. The normalized spacial score (nSPS) is 11.7. The van der Waals surface area contributed by atoms with Gasteiger partial charge in [0.15, 0.2) is 0 Å². The fourth-order valence-corrected chi connectivity index (χ4v) is 1.86. The minimum atomic E-state index is -1.17. The maximum absolute atomic E-state index is 11.5. The van der Waals surface area contributed by atoms with Gasteiger partial charge in [-0.05, 0) is 6.42 Å². The SMILES string of the molecule is COCCSCC(=O)NC(CCC(=O)OC)C(=O)O. The van der Waals surface area contributed by atoms with Crippen LogP contribution in [-0.4, -0.2) is 61.3 Å². The fourth-order valence-electron chi connectivity index (χ4n) is 1.16. The Hall–Kier alpha value is -1.28. The predicted molar refractivity (Wildman–Crippen MR) is 70.0 cm³/mol. The molecule has 0 aliphatic heterocycles. The van der Waals surface area contributed by atoms with Crippen molar-refractivity contribution in [2.24, 2.45) is 0 Å². The lowest BCUT2D eigenvalue weighted by atomic mass is 10.1. The van der Waals surface area contributed by atoms with E-state index in [1.165, 1.54) is 18.9 Å². The van der Waals surface area contributed by atoms with Crippen LogP contribution in [0.5, 0.6) is 0 Å². The molecule has 7 nitrogen and oxygen atoms in total. The number of carboxylic acid groups (broad SMARTS) is 1. The molecule has 8 heteroatoms. The quantitative estimate of drug-likeness (QED) is 0.428. The van der Waals surface area contributed by atoms with Gasteiger partial charge in [-0.3, -0.25) is 9.59 Å². The Morgan fingerprint density at radius 1 is 1.32 bits per heavy atom. The second-order valence-electron chi connectivity index (χ2n) is 3.62. The monoisotopic (exact) mass is 293 g/mol. The number of esters is 1. The van der Waals surface area contributed by atoms with E-state index in [1.54, 1.807) is 7.11 Å². The van der Waals surface area contributed by atoms with E-state index in [-0.39, 0.29) is 24.5 Å². The van der Waals surface area contributed by atoms with Crippen LogP contribution in [0.15, 0.2) is 0 Å². The van der Waals surface area contributed by atoms with Gasteiger partial charge in [0.25, 0.3) is 0 Å². The summed E-state index contributed by atoms with van der Waals surface area (Å²) >= 11 is 1.35. The molecule has 0 saturated heterocycles. The van der Waals surface area contributed by atoms with Gasteiger partial charge in [-0.2, -0.15) is 0 Å². The zero-order chi connectivity index (χ0) is 14.7. The molecule has 1 unspecified atom stereocenters. The summed E-state index contributed by atoms with van der Waals surface area (Å²) in [6, 6.07) is -1.07. The van der Waals surface area contributed by atoms with Crippen LogP contribution in [0.2, 0.25) is 0 Å². The number of amides is 1. The lowest BCUT2D eigenvalue weighted by Gasteiger charge is -2.13. The number of ether oxygens (including phenoxy) is 2. The summed E-state index contributed by atoms with van der Waals surface area (Å²) in [5.41, 5.74) is 0. The number of nitrogens with one attached hydrogen (secondary N) is 1. The van der Waals surface area contributed by atoms with Crippen molar-refractivity contribution in [2.45, 2.75) is 18.9 Å². The summed E-state index contributed by atoms with van der Waals surface area (Å²) in [4.78, 5) is 33.3. The van der Waals surface area contributed by atoms with E-state index in [4.69, 9.17) is 9.84 Å². The number of hydrogen-bond acceptors (Lipinski definition) is 6. The molecule has 0 spiro atoms. The van der Waals surface area contributed by atoms with Gasteiger partial charge >= 0.3 is 11.9 Å². The van der Waals surface area contributed by atoms with Gasteiger partial charge < -0.3 is 19.9 Å². The van der Waals surface area contributed by atoms with Crippen molar-refractivity contribution in [2.75, 3.05) is 32.3 Å². The highest BCUT2D eigenvalue weighted by Crippen LogP contribution is 2.02. The van der Waals surface area contributed by atoms with E-state index >= 15 is 0 Å². The van der Waals surface area contributed by atoms with Gasteiger partial charge in [0, 0.05) is 19.3 Å². The summed E-state index contributed by atoms with van der Waals surface area (Å²) in [6.45, 7) is 0.530. The van der Waals surface area contributed by atoms with Crippen molar-refractivity contribution in [1.82, 2.24) is 5.32 Å². The molecule has 1 amide bonds. The molecule has 0 rings (SSSR count). The van der Waals surface area contributed by atoms with E-state index < -0.39 is 18.0 Å². The lowest BCUT2D eigenvalue weighted by molar-refractivity contribution is -0.143. The zero-order valence-electron chi connectivity index (χ0n) is 11.0. The molecule has 0 saturated carbocycles. The number of thioether (sulfide) groups is 1. The highest BCUT2D eigenvalue weighted by atomic mass is 32.2. The Morgan fingerprint density at radius 3 is 2.53 bits per heavy atom. The summed E-state index contributed by atoms with van der Waals surface area (Å²) in [7, 11) is 2.79. The summed E-state index contributed by atoms with van der Waals surface area (Å²) in [6.07, 6.45) is -0.0406. The van der Waals surface area contributed by atoms with E-state index in [9.17, 15) is 14.4 Å². The molecule has 2 N–H and O–H groups in total. The Bertz CT molecular complexity index is 310. The molecule has 110 valence electrons. The van der Waals surface area contributed by atoms with Gasteiger partial charge in [-0.1, -0.05) is 0 Å².